The maximum atomic E-state index is 5.87. The van der Waals surface area contributed by atoms with Gasteiger partial charge in [-0.05, 0) is 76.4 Å². The van der Waals surface area contributed by atoms with E-state index < -0.39 is 0 Å². The van der Waals surface area contributed by atoms with Crippen LogP contribution in [0.3, 0.4) is 0 Å². The molecule has 4 rings (SSSR count). The Kier molecular flexibility index (Phi) is 5.62. The van der Waals surface area contributed by atoms with Gasteiger partial charge < -0.3 is 14.2 Å². The third-order valence-corrected chi connectivity index (χ3v) is 5.95. The number of aryl methyl sites for hydroxylation is 2. The minimum absolute atomic E-state index is 0.696. The summed E-state index contributed by atoms with van der Waals surface area (Å²) in [6.45, 7) is 5.30. The Morgan fingerprint density at radius 3 is 2.64 bits per heavy atom. The van der Waals surface area contributed by atoms with Crippen LogP contribution in [0.25, 0.3) is 22.4 Å². The van der Waals surface area contributed by atoms with Gasteiger partial charge in [0.05, 0.1) is 17.6 Å². The second-order valence-electron chi connectivity index (χ2n) is 8.06. The summed E-state index contributed by atoms with van der Waals surface area (Å²) in [5.41, 5.74) is 4.40. The lowest BCUT2D eigenvalue weighted by molar-refractivity contribution is 0.199. The van der Waals surface area contributed by atoms with Crippen molar-refractivity contribution < 1.29 is 4.74 Å². The fraction of sp³-hybridized carbons (Fsp3) is 0.478. The van der Waals surface area contributed by atoms with Crippen molar-refractivity contribution in [3.8, 4) is 17.3 Å². The number of piperidine rings is 1. The number of rotatable bonds is 6. The van der Waals surface area contributed by atoms with Crippen LogP contribution in [0.4, 0.5) is 0 Å². The van der Waals surface area contributed by atoms with Crippen LogP contribution < -0.4 is 4.74 Å². The lowest BCUT2D eigenvalue weighted by Crippen LogP contribution is -2.30. The quantitative estimate of drug-likeness (QED) is 0.595. The maximum Gasteiger partial charge on any atom is 0.213 e. The van der Waals surface area contributed by atoms with E-state index in [1.165, 1.54) is 37.9 Å². The first-order valence-corrected chi connectivity index (χ1v) is 10.3. The average molecular weight is 379 g/mol. The molecule has 5 nitrogen and oxygen atoms in total. The third-order valence-electron chi connectivity index (χ3n) is 5.95. The molecule has 1 aliphatic rings. The van der Waals surface area contributed by atoms with E-state index in [2.05, 4.69) is 59.7 Å². The van der Waals surface area contributed by atoms with Gasteiger partial charge in [-0.25, -0.2) is 9.97 Å². The van der Waals surface area contributed by atoms with Crippen molar-refractivity contribution in [2.45, 2.75) is 32.6 Å². The van der Waals surface area contributed by atoms with Crippen LogP contribution in [-0.4, -0.2) is 46.2 Å². The molecule has 0 amide bonds. The van der Waals surface area contributed by atoms with Crippen molar-refractivity contribution in [1.82, 2.24) is 19.4 Å². The van der Waals surface area contributed by atoms with E-state index >= 15 is 0 Å². The molecule has 0 saturated carbocycles. The van der Waals surface area contributed by atoms with Crippen molar-refractivity contribution in [3.63, 3.8) is 0 Å². The maximum absolute atomic E-state index is 5.87. The van der Waals surface area contributed by atoms with Crippen molar-refractivity contribution in [2.24, 2.45) is 13.0 Å². The Bertz CT molecular complexity index is 924. The molecule has 1 saturated heterocycles. The van der Waals surface area contributed by atoms with Gasteiger partial charge in [-0.2, -0.15) is 0 Å². The van der Waals surface area contributed by atoms with Crippen LogP contribution in [-0.2, 0) is 7.05 Å². The standard InChI is InChI=1S/C23H30N4O/c1-17-6-4-8-20-22(17)25-23(27(20)3)19-9-10-21(24-16-19)28-15-5-7-18-11-13-26(2)14-12-18/h4,6,8-10,16,18H,5,7,11-15H2,1-3H3. The molecular weight excluding hydrogens is 348 g/mol. The molecule has 0 radical (unpaired) electrons. The predicted molar refractivity (Wildman–Crippen MR) is 114 cm³/mol. The highest BCUT2D eigenvalue weighted by atomic mass is 16.5. The molecule has 0 bridgehead atoms. The number of para-hydroxylation sites is 1. The molecule has 2 aromatic heterocycles. The molecule has 148 valence electrons. The summed E-state index contributed by atoms with van der Waals surface area (Å²) in [5.74, 6) is 2.49. The van der Waals surface area contributed by atoms with E-state index in [1.807, 2.05) is 12.3 Å². The van der Waals surface area contributed by atoms with Crippen molar-refractivity contribution >= 4 is 11.0 Å². The van der Waals surface area contributed by atoms with Gasteiger partial charge in [-0.1, -0.05) is 12.1 Å². The lowest BCUT2D eigenvalue weighted by Gasteiger charge is -2.28. The molecule has 0 N–H and O–H groups in total. The largest absolute Gasteiger partial charge is 0.478 e. The molecule has 0 aliphatic carbocycles. The molecule has 1 aliphatic heterocycles. The predicted octanol–water partition coefficient (Wildman–Crippen LogP) is 4.44. The van der Waals surface area contributed by atoms with Crippen molar-refractivity contribution in [3.05, 3.63) is 42.1 Å². The van der Waals surface area contributed by atoms with Gasteiger partial charge >= 0.3 is 0 Å². The first-order chi connectivity index (χ1) is 13.6. The van der Waals surface area contributed by atoms with Crippen LogP contribution in [0.1, 0.15) is 31.2 Å². The Morgan fingerprint density at radius 2 is 1.93 bits per heavy atom. The smallest absolute Gasteiger partial charge is 0.213 e. The molecule has 1 aromatic carbocycles. The van der Waals surface area contributed by atoms with E-state index in [9.17, 15) is 0 Å². The highest BCUT2D eigenvalue weighted by Gasteiger charge is 2.16. The Balaban J connectivity index is 1.34. The fourth-order valence-corrected chi connectivity index (χ4v) is 4.11. The number of benzene rings is 1. The summed E-state index contributed by atoms with van der Waals surface area (Å²) in [6.07, 6.45) is 6.86. The number of imidazole rings is 1. The number of pyridine rings is 1. The molecule has 1 fully saturated rings. The summed E-state index contributed by atoms with van der Waals surface area (Å²) in [6, 6.07) is 10.3. The second kappa shape index (κ2) is 8.31. The number of likely N-dealkylation sites (tertiary alicyclic amines) is 1. The second-order valence-corrected chi connectivity index (χ2v) is 8.06. The molecule has 0 atom stereocenters. The van der Waals surface area contributed by atoms with Gasteiger partial charge in [0.25, 0.3) is 0 Å². The fourth-order valence-electron chi connectivity index (χ4n) is 4.11. The summed E-state index contributed by atoms with van der Waals surface area (Å²) in [5, 5.41) is 0. The Hall–Kier alpha value is -2.40. The van der Waals surface area contributed by atoms with Gasteiger partial charge in [0.2, 0.25) is 5.88 Å². The summed E-state index contributed by atoms with van der Waals surface area (Å²) in [7, 11) is 4.26. The highest BCUT2D eigenvalue weighted by Crippen LogP contribution is 2.26. The summed E-state index contributed by atoms with van der Waals surface area (Å²) >= 11 is 0. The number of nitrogens with zero attached hydrogens (tertiary/aromatic N) is 4. The van der Waals surface area contributed by atoms with Gasteiger partial charge in [0.1, 0.15) is 5.82 Å². The monoisotopic (exact) mass is 378 g/mol. The molecule has 0 spiro atoms. The Labute approximate surface area is 167 Å². The molecule has 3 heterocycles. The summed E-state index contributed by atoms with van der Waals surface area (Å²) < 4.78 is 8.00. The van der Waals surface area contributed by atoms with Gasteiger partial charge in [-0.3, -0.25) is 0 Å². The van der Waals surface area contributed by atoms with Crippen LogP contribution in [0.5, 0.6) is 5.88 Å². The topological polar surface area (TPSA) is 43.2 Å². The van der Waals surface area contributed by atoms with Crippen molar-refractivity contribution in [2.75, 3.05) is 26.7 Å². The molecule has 28 heavy (non-hydrogen) atoms. The van der Waals surface area contributed by atoms with Crippen LogP contribution in [0, 0.1) is 12.8 Å². The first-order valence-electron chi connectivity index (χ1n) is 10.3. The number of ether oxygens (including phenoxy) is 1. The zero-order valence-corrected chi connectivity index (χ0v) is 17.2. The summed E-state index contributed by atoms with van der Waals surface area (Å²) in [4.78, 5) is 11.7. The molecule has 5 heteroatoms. The van der Waals surface area contributed by atoms with Gasteiger partial charge in [0.15, 0.2) is 0 Å². The van der Waals surface area contributed by atoms with Gasteiger partial charge in [0, 0.05) is 24.9 Å². The molecular formula is C23H30N4O. The SMILES string of the molecule is Cc1cccc2c1nc(-c1ccc(OCCCC3CCN(C)CC3)nc1)n2C. The normalized spacial score (nSPS) is 16.0. The minimum Gasteiger partial charge on any atom is -0.478 e. The number of fused-ring (bicyclic) bond motifs is 1. The van der Waals surface area contributed by atoms with Gasteiger partial charge in [-0.15, -0.1) is 0 Å². The average Bonchev–Trinajstić information content (AvgIpc) is 3.05. The number of hydrogen-bond donors (Lipinski definition) is 0. The number of aromatic nitrogens is 3. The van der Waals surface area contributed by atoms with Crippen molar-refractivity contribution in [1.29, 1.82) is 0 Å². The molecule has 3 aromatic rings. The third kappa shape index (κ3) is 4.04. The van der Waals surface area contributed by atoms with E-state index in [0.29, 0.717) is 5.88 Å². The highest BCUT2D eigenvalue weighted by molar-refractivity contribution is 5.83. The molecule has 0 unspecified atom stereocenters. The number of hydrogen-bond acceptors (Lipinski definition) is 4. The van der Waals surface area contributed by atoms with E-state index in [4.69, 9.17) is 9.72 Å². The van der Waals surface area contributed by atoms with Crippen LogP contribution in [0.2, 0.25) is 0 Å². The zero-order chi connectivity index (χ0) is 19.5. The minimum atomic E-state index is 0.696. The van der Waals surface area contributed by atoms with E-state index in [1.54, 1.807) is 0 Å². The van der Waals surface area contributed by atoms with Crippen LogP contribution in [0.15, 0.2) is 36.5 Å². The zero-order valence-electron chi connectivity index (χ0n) is 17.2. The van der Waals surface area contributed by atoms with E-state index in [0.717, 1.165) is 41.4 Å². The first kappa shape index (κ1) is 18.9. The van der Waals surface area contributed by atoms with E-state index in [-0.39, 0.29) is 0 Å². The lowest BCUT2D eigenvalue weighted by atomic mass is 9.93. The van der Waals surface area contributed by atoms with Crippen LogP contribution >= 0.6 is 0 Å². The Morgan fingerprint density at radius 1 is 1.11 bits per heavy atom.